The molecule has 3 heteroatoms. The lowest BCUT2D eigenvalue weighted by Crippen LogP contribution is -2.02. The van der Waals surface area contributed by atoms with E-state index in [4.69, 9.17) is 4.74 Å². The molecule has 20 heavy (non-hydrogen) atoms. The van der Waals surface area contributed by atoms with E-state index in [1.165, 1.54) is 6.07 Å². The van der Waals surface area contributed by atoms with Gasteiger partial charge in [-0.3, -0.25) is 4.79 Å². The Morgan fingerprint density at radius 2 is 1.95 bits per heavy atom. The zero-order valence-electron chi connectivity index (χ0n) is 11.3. The van der Waals surface area contributed by atoms with Crippen molar-refractivity contribution in [2.75, 3.05) is 6.61 Å². The molecule has 2 aromatic carbocycles. The summed E-state index contributed by atoms with van der Waals surface area (Å²) in [5.41, 5.74) is 1.89. The van der Waals surface area contributed by atoms with E-state index >= 15 is 0 Å². The number of ketones is 1. The number of hydrogen-bond donors (Lipinski definition) is 1. The van der Waals surface area contributed by atoms with Crippen molar-refractivity contribution < 1.29 is 14.6 Å². The number of rotatable bonds is 5. The molecule has 2 aromatic rings. The highest BCUT2D eigenvalue weighted by atomic mass is 16.5. The lowest BCUT2D eigenvalue weighted by Gasteiger charge is -2.07. The zero-order valence-corrected chi connectivity index (χ0v) is 11.3. The molecule has 102 valence electrons. The van der Waals surface area contributed by atoms with Gasteiger partial charge in [0.1, 0.15) is 18.1 Å². The first-order chi connectivity index (χ1) is 9.61. The summed E-state index contributed by atoms with van der Waals surface area (Å²) in [6, 6.07) is 11.9. The Morgan fingerprint density at radius 3 is 2.55 bits per heavy atom. The van der Waals surface area contributed by atoms with Crippen molar-refractivity contribution in [2.45, 2.75) is 6.92 Å². The first-order valence-electron chi connectivity index (χ1n) is 6.30. The first kappa shape index (κ1) is 13.9. The molecule has 0 amide bonds. The average molecular weight is 268 g/mol. The fraction of sp³-hybridized carbons (Fsp3) is 0.118. The monoisotopic (exact) mass is 268 g/mol. The molecule has 1 N–H and O–H groups in total. The predicted octanol–water partition coefficient (Wildman–Crippen LogP) is 3.50. The van der Waals surface area contributed by atoms with E-state index < -0.39 is 0 Å². The number of aryl methyl sites for hydroxylation is 1. The second kappa shape index (κ2) is 6.06. The summed E-state index contributed by atoms with van der Waals surface area (Å²) in [6.45, 7) is 5.86. The number of carbonyl (C=O) groups is 1. The second-order valence-corrected chi connectivity index (χ2v) is 4.47. The van der Waals surface area contributed by atoms with Crippen LogP contribution >= 0.6 is 0 Å². The van der Waals surface area contributed by atoms with Gasteiger partial charge in [0.15, 0.2) is 5.78 Å². The number of phenolic OH excluding ortho intramolecular Hbond substituents is 1. The summed E-state index contributed by atoms with van der Waals surface area (Å²) in [6.07, 6.45) is 1.61. The minimum Gasteiger partial charge on any atom is -0.507 e. The molecule has 0 heterocycles. The van der Waals surface area contributed by atoms with Gasteiger partial charge in [0.25, 0.3) is 0 Å². The minimum atomic E-state index is -0.210. The maximum absolute atomic E-state index is 12.3. The molecular weight excluding hydrogens is 252 g/mol. The average Bonchev–Trinajstić information content (AvgIpc) is 2.45. The highest BCUT2D eigenvalue weighted by molar-refractivity contribution is 6.10. The molecule has 0 spiro atoms. The van der Waals surface area contributed by atoms with Crippen molar-refractivity contribution >= 4 is 5.78 Å². The van der Waals surface area contributed by atoms with Crippen LogP contribution in [0.25, 0.3) is 0 Å². The zero-order chi connectivity index (χ0) is 14.5. The highest BCUT2D eigenvalue weighted by Gasteiger charge is 2.14. The predicted molar refractivity (Wildman–Crippen MR) is 78.4 cm³/mol. The van der Waals surface area contributed by atoms with Crippen LogP contribution in [0.2, 0.25) is 0 Å². The SMILES string of the molecule is C=CCOc1ccc(C(=O)c2ccc(C)cc2)c(O)c1. The Kier molecular flexibility index (Phi) is 4.20. The molecule has 3 nitrogen and oxygen atoms in total. The Labute approximate surface area is 118 Å². The van der Waals surface area contributed by atoms with Crippen molar-refractivity contribution in [2.24, 2.45) is 0 Å². The van der Waals surface area contributed by atoms with Gasteiger partial charge < -0.3 is 9.84 Å². The molecular formula is C17H16O3. The van der Waals surface area contributed by atoms with Crippen LogP contribution in [-0.4, -0.2) is 17.5 Å². The van der Waals surface area contributed by atoms with Crippen LogP contribution in [0.4, 0.5) is 0 Å². The molecule has 0 saturated carbocycles. The molecule has 0 aliphatic heterocycles. The number of phenols is 1. The van der Waals surface area contributed by atoms with E-state index in [0.717, 1.165) is 5.56 Å². The summed E-state index contributed by atoms with van der Waals surface area (Å²) in [4.78, 5) is 12.3. The summed E-state index contributed by atoms with van der Waals surface area (Å²) in [5, 5.41) is 9.95. The molecule has 0 radical (unpaired) electrons. The molecule has 0 aliphatic rings. The highest BCUT2D eigenvalue weighted by Crippen LogP contribution is 2.26. The van der Waals surface area contributed by atoms with Crippen LogP contribution in [0.1, 0.15) is 21.5 Å². The topological polar surface area (TPSA) is 46.5 Å². The fourth-order valence-electron chi connectivity index (χ4n) is 1.81. The van der Waals surface area contributed by atoms with Gasteiger partial charge in [0.05, 0.1) is 5.56 Å². The van der Waals surface area contributed by atoms with Crippen molar-refractivity contribution in [1.82, 2.24) is 0 Å². The van der Waals surface area contributed by atoms with E-state index in [1.54, 1.807) is 30.3 Å². The lowest BCUT2D eigenvalue weighted by molar-refractivity contribution is 0.103. The number of benzene rings is 2. The Morgan fingerprint density at radius 1 is 1.25 bits per heavy atom. The van der Waals surface area contributed by atoms with Gasteiger partial charge >= 0.3 is 0 Å². The molecule has 0 aliphatic carbocycles. The Bertz CT molecular complexity index is 627. The van der Waals surface area contributed by atoms with Crippen LogP contribution < -0.4 is 4.74 Å². The largest absolute Gasteiger partial charge is 0.507 e. The first-order valence-corrected chi connectivity index (χ1v) is 6.30. The molecule has 0 atom stereocenters. The van der Waals surface area contributed by atoms with Gasteiger partial charge in [-0.25, -0.2) is 0 Å². The molecule has 0 aromatic heterocycles. The van der Waals surface area contributed by atoms with Crippen LogP contribution in [0, 0.1) is 6.92 Å². The van der Waals surface area contributed by atoms with E-state index in [1.807, 2.05) is 19.1 Å². The van der Waals surface area contributed by atoms with Gasteiger partial charge in [-0.05, 0) is 19.1 Å². The number of ether oxygens (including phenoxy) is 1. The second-order valence-electron chi connectivity index (χ2n) is 4.47. The maximum atomic E-state index is 12.3. The third-order valence-corrected chi connectivity index (χ3v) is 2.90. The number of carbonyl (C=O) groups excluding carboxylic acids is 1. The third-order valence-electron chi connectivity index (χ3n) is 2.90. The Hall–Kier alpha value is -2.55. The lowest BCUT2D eigenvalue weighted by atomic mass is 10.0. The summed E-state index contributed by atoms with van der Waals surface area (Å²) in [7, 11) is 0. The van der Waals surface area contributed by atoms with Gasteiger partial charge in [-0.1, -0.05) is 42.5 Å². The minimum absolute atomic E-state index is 0.0860. The van der Waals surface area contributed by atoms with Crippen molar-refractivity contribution in [3.63, 3.8) is 0 Å². The standard InChI is InChI=1S/C17H16O3/c1-3-10-20-14-8-9-15(16(18)11-14)17(19)13-6-4-12(2)5-7-13/h3-9,11,18H,1,10H2,2H3. The fourth-order valence-corrected chi connectivity index (χ4v) is 1.81. The molecule has 0 fully saturated rings. The summed E-state index contributed by atoms with van der Waals surface area (Å²) < 4.78 is 5.30. The van der Waals surface area contributed by atoms with Gasteiger partial charge in [-0.15, -0.1) is 0 Å². The summed E-state index contributed by atoms with van der Waals surface area (Å²) >= 11 is 0. The molecule has 0 saturated heterocycles. The molecule has 2 rings (SSSR count). The molecule has 0 bridgehead atoms. The quantitative estimate of drug-likeness (QED) is 0.667. The van der Waals surface area contributed by atoms with Crippen molar-refractivity contribution in [3.05, 3.63) is 71.8 Å². The third kappa shape index (κ3) is 3.06. The van der Waals surface area contributed by atoms with Crippen molar-refractivity contribution in [3.8, 4) is 11.5 Å². The van der Waals surface area contributed by atoms with Crippen LogP contribution in [0.15, 0.2) is 55.1 Å². The number of aromatic hydroxyl groups is 1. The smallest absolute Gasteiger partial charge is 0.196 e. The van der Waals surface area contributed by atoms with Gasteiger partial charge in [0.2, 0.25) is 0 Å². The van der Waals surface area contributed by atoms with E-state index in [9.17, 15) is 9.90 Å². The molecule has 0 unspecified atom stereocenters. The summed E-state index contributed by atoms with van der Waals surface area (Å²) in [5.74, 6) is 0.206. The maximum Gasteiger partial charge on any atom is 0.196 e. The van der Waals surface area contributed by atoms with Crippen molar-refractivity contribution in [1.29, 1.82) is 0 Å². The number of hydrogen-bond acceptors (Lipinski definition) is 3. The Balaban J connectivity index is 2.26. The van der Waals surface area contributed by atoms with E-state index in [2.05, 4.69) is 6.58 Å². The van der Waals surface area contributed by atoms with Crippen LogP contribution in [-0.2, 0) is 0 Å². The van der Waals surface area contributed by atoms with Crippen LogP contribution in [0.5, 0.6) is 11.5 Å². The van der Waals surface area contributed by atoms with Gasteiger partial charge in [-0.2, -0.15) is 0 Å². The van der Waals surface area contributed by atoms with E-state index in [0.29, 0.717) is 17.9 Å². The normalized spacial score (nSPS) is 10.1. The van der Waals surface area contributed by atoms with E-state index in [-0.39, 0.29) is 17.1 Å². The van der Waals surface area contributed by atoms with Gasteiger partial charge in [0, 0.05) is 11.6 Å². The van der Waals surface area contributed by atoms with Crippen LogP contribution in [0.3, 0.4) is 0 Å².